The molecule has 3 nitrogen and oxygen atoms in total. The lowest BCUT2D eigenvalue weighted by molar-refractivity contribution is -0.136. The zero-order valence-electron chi connectivity index (χ0n) is 9.81. The summed E-state index contributed by atoms with van der Waals surface area (Å²) in [6.07, 6.45) is 4.55. The summed E-state index contributed by atoms with van der Waals surface area (Å²) in [5.74, 6) is -0.760. The van der Waals surface area contributed by atoms with Crippen LogP contribution in [-0.4, -0.2) is 15.6 Å². The van der Waals surface area contributed by atoms with E-state index >= 15 is 0 Å². The molecule has 0 amide bonds. The molecule has 0 saturated carbocycles. The van der Waals surface area contributed by atoms with E-state index in [-0.39, 0.29) is 6.42 Å². The standard InChI is InChI=1S/C14H15NO2/c1-3-10-4-6-12-11(5-7-14(16)17)9-15(2)13(12)8-10/h3-4,6,8-9H,1,5,7H2,2H3,(H,16,17). The molecule has 0 unspecified atom stereocenters. The molecule has 1 aromatic heterocycles. The highest BCUT2D eigenvalue weighted by Gasteiger charge is 2.08. The molecule has 0 fully saturated rings. The number of rotatable bonds is 4. The van der Waals surface area contributed by atoms with E-state index in [9.17, 15) is 4.79 Å². The van der Waals surface area contributed by atoms with Crippen LogP contribution >= 0.6 is 0 Å². The Morgan fingerprint density at radius 1 is 1.53 bits per heavy atom. The van der Waals surface area contributed by atoms with Crippen LogP contribution in [0.5, 0.6) is 0 Å². The monoisotopic (exact) mass is 229 g/mol. The van der Waals surface area contributed by atoms with Crippen LogP contribution in [-0.2, 0) is 18.3 Å². The van der Waals surface area contributed by atoms with Crippen LogP contribution in [0.25, 0.3) is 17.0 Å². The molecule has 0 spiro atoms. The highest BCUT2D eigenvalue weighted by atomic mass is 16.4. The molecule has 0 atom stereocenters. The van der Waals surface area contributed by atoms with Gasteiger partial charge in [0, 0.05) is 30.6 Å². The van der Waals surface area contributed by atoms with Crippen molar-refractivity contribution in [3.8, 4) is 0 Å². The molecule has 3 heteroatoms. The first-order valence-corrected chi connectivity index (χ1v) is 5.54. The van der Waals surface area contributed by atoms with Gasteiger partial charge in [-0.25, -0.2) is 0 Å². The number of fused-ring (bicyclic) bond motifs is 1. The van der Waals surface area contributed by atoms with E-state index in [1.807, 2.05) is 36.0 Å². The first-order valence-electron chi connectivity index (χ1n) is 5.54. The van der Waals surface area contributed by atoms with Crippen molar-refractivity contribution in [2.75, 3.05) is 0 Å². The number of aromatic nitrogens is 1. The first kappa shape index (κ1) is 11.5. The van der Waals surface area contributed by atoms with Gasteiger partial charge in [-0.05, 0) is 23.6 Å². The molecule has 0 radical (unpaired) electrons. The third-order valence-electron chi connectivity index (χ3n) is 2.94. The van der Waals surface area contributed by atoms with Gasteiger partial charge in [0.15, 0.2) is 0 Å². The van der Waals surface area contributed by atoms with Gasteiger partial charge in [0.05, 0.1) is 0 Å². The van der Waals surface area contributed by atoms with Crippen LogP contribution in [0, 0.1) is 0 Å². The summed E-state index contributed by atoms with van der Waals surface area (Å²) in [5, 5.41) is 9.84. The lowest BCUT2D eigenvalue weighted by Gasteiger charge is -1.98. The lowest BCUT2D eigenvalue weighted by atomic mass is 10.1. The maximum absolute atomic E-state index is 10.6. The van der Waals surface area contributed by atoms with Crippen LogP contribution in [0.2, 0.25) is 0 Å². The molecule has 0 saturated heterocycles. The predicted molar refractivity (Wildman–Crippen MR) is 69.0 cm³/mol. The molecule has 0 aliphatic heterocycles. The van der Waals surface area contributed by atoms with E-state index < -0.39 is 5.97 Å². The van der Waals surface area contributed by atoms with Crippen molar-refractivity contribution < 1.29 is 9.90 Å². The number of benzene rings is 1. The predicted octanol–water partition coefficient (Wildman–Crippen LogP) is 2.84. The molecule has 1 heterocycles. The molecular weight excluding hydrogens is 214 g/mol. The normalized spacial score (nSPS) is 10.6. The van der Waals surface area contributed by atoms with Gasteiger partial charge >= 0.3 is 5.97 Å². The third-order valence-corrected chi connectivity index (χ3v) is 2.94. The van der Waals surface area contributed by atoms with E-state index in [1.165, 1.54) is 0 Å². The molecule has 0 aliphatic rings. The highest BCUT2D eigenvalue weighted by molar-refractivity contribution is 5.86. The van der Waals surface area contributed by atoms with Gasteiger partial charge in [-0.1, -0.05) is 24.8 Å². The minimum absolute atomic E-state index is 0.169. The van der Waals surface area contributed by atoms with Gasteiger partial charge in [-0.15, -0.1) is 0 Å². The molecule has 1 N–H and O–H groups in total. The van der Waals surface area contributed by atoms with Gasteiger partial charge in [0.1, 0.15) is 0 Å². The second-order valence-corrected chi connectivity index (χ2v) is 4.14. The molecule has 0 bridgehead atoms. The number of carboxylic acids is 1. The van der Waals surface area contributed by atoms with E-state index in [1.54, 1.807) is 0 Å². The van der Waals surface area contributed by atoms with Crippen LogP contribution in [0.15, 0.2) is 31.0 Å². The molecule has 88 valence electrons. The van der Waals surface area contributed by atoms with Crippen molar-refractivity contribution >= 4 is 22.9 Å². The molecule has 0 aliphatic carbocycles. The van der Waals surface area contributed by atoms with Crippen molar-refractivity contribution in [3.63, 3.8) is 0 Å². The molecular formula is C14H15NO2. The summed E-state index contributed by atoms with van der Waals surface area (Å²) in [6.45, 7) is 3.75. The number of aryl methyl sites for hydroxylation is 2. The quantitative estimate of drug-likeness (QED) is 0.876. The Kier molecular flexibility index (Phi) is 3.00. The number of hydrogen-bond acceptors (Lipinski definition) is 1. The number of carboxylic acid groups (broad SMARTS) is 1. The summed E-state index contributed by atoms with van der Waals surface area (Å²) < 4.78 is 2.03. The molecule has 1 aromatic carbocycles. The van der Waals surface area contributed by atoms with Gasteiger partial charge < -0.3 is 9.67 Å². The molecule has 2 rings (SSSR count). The zero-order valence-corrected chi connectivity index (χ0v) is 9.81. The topological polar surface area (TPSA) is 42.2 Å². The number of nitrogens with zero attached hydrogens (tertiary/aromatic N) is 1. The fraction of sp³-hybridized carbons (Fsp3) is 0.214. The minimum atomic E-state index is -0.760. The second-order valence-electron chi connectivity index (χ2n) is 4.14. The van der Waals surface area contributed by atoms with Crippen molar-refractivity contribution in [2.24, 2.45) is 7.05 Å². The Hall–Kier alpha value is -2.03. The first-order chi connectivity index (χ1) is 8.11. The van der Waals surface area contributed by atoms with Crippen molar-refractivity contribution in [1.29, 1.82) is 0 Å². The average molecular weight is 229 g/mol. The van der Waals surface area contributed by atoms with Gasteiger partial charge in [0.2, 0.25) is 0 Å². The van der Waals surface area contributed by atoms with Gasteiger partial charge in [0.25, 0.3) is 0 Å². The van der Waals surface area contributed by atoms with Crippen molar-refractivity contribution in [3.05, 3.63) is 42.1 Å². The van der Waals surface area contributed by atoms with E-state index in [4.69, 9.17) is 5.11 Å². The number of hydrogen-bond donors (Lipinski definition) is 1. The second kappa shape index (κ2) is 4.45. The van der Waals surface area contributed by atoms with Crippen LogP contribution in [0.3, 0.4) is 0 Å². The maximum Gasteiger partial charge on any atom is 0.303 e. The largest absolute Gasteiger partial charge is 0.481 e. The summed E-state index contributed by atoms with van der Waals surface area (Å²) in [6, 6.07) is 6.09. The number of carbonyl (C=O) groups is 1. The molecule has 2 aromatic rings. The Labute approximate surface area is 100.0 Å². The summed E-state index contributed by atoms with van der Waals surface area (Å²) >= 11 is 0. The minimum Gasteiger partial charge on any atom is -0.481 e. The smallest absolute Gasteiger partial charge is 0.303 e. The fourth-order valence-corrected chi connectivity index (χ4v) is 2.05. The SMILES string of the molecule is C=Cc1ccc2c(CCC(=O)O)cn(C)c2c1. The summed E-state index contributed by atoms with van der Waals surface area (Å²) in [4.78, 5) is 10.6. The Morgan fingerprint density at radius 2 is 2.29 bits per heavy atom. The highest BCUT2D eigenvalue weighted by Crippen LogP contribution is 2.23. The zero-order chi connectivity index (χ0) is 12.4. The van der Waals surface area contributed by atoms with E-state index in [0.29, 0.717) is 6.42 Å². The van der Waals surface area contributed by atoms with Gasteiger partial charge in [-0.3, -0.25) is 4.79 Å². The summed E-state index contributed by atoms with van der Waals surface area (Å²) in [5.41, 5.74) is 3.27. The van der Waals surface area contributed by atoms with Crippen molar-refractivity contribution in [1.82, 2.24) is 4.57 Å². The van der Waals surface area contributed by atoms with Crippen LogP contribution in [0.1, 0.15) is 17.5 Å². The van der Waals surface area contributed by atoms with Crippen molar-refractivity contribution in [2.45, 2.75) is 12.8 Å². The van der Waals surface area contributed by atoms with E-state index in [2.05, 4.69) is 12.6 Å². The lowest BCUT2D eigenvalue weighted by Crippen LogP contribution is -1.96. The van der Waals surface area contributed by atoms with Gasteiger partial charge in [-0.2, -0.15) is 0 Å². The number of aliphatic carboxylic acids is 1. The van der Waals surface area contributed by atoms with Crippen LogP contribution in [0.4, 0.5) is 0 Å². The Morgan fingerprint density at radius 3 is 2.94 bits per heavy atom. The Bertz CT molecular complexity index is 581. The average Bonchev–Trinajstić information content (AvgIpc) is 2.63. The van der Waals surface area contributed by atoms with E-state index in [0.717, 1.165) is 22.0 Å². The summed E-state index contributed by atoms with van der Waals surface area (Å²) in [7, 11) is 1.97. The Balaban J connectivity index is 2.44. The third kappa shape index (κ3) is 2.23. The van der Waals surface area contributed by atoms with Crippen LogP contribution < -0.4 is 0 Å². The maximum atomic E-state index is 10.6. The molecule has 17 heavy (non-hydrogen) atoms. The fourth-order valence-electron chi connectivity index (χ4n) is 2.05.